The maximum absolute atomic E-state index is 14.1. The van der Waals surface area contributed by atoms with Gasteiger partial charge in [-0.2, -0.15) is 29.0 Å². The monoisotopic (exact) mass is 767 g/mol. The fraction of sp³-hybridized carbons (Fsp3) is 0.0408. The van der Waals surface area contributed by atoms with Crippen molar-refractivity contribution in [2.75, 3.05) is 0 Å². The van der Waals surface area contributed by atoms with E-state index in [4.69, 9.17) is 13.1 Å². The van der Waals surface area contributed by atoms with Crippen LogP contribution in [0.15, 0.2) is 127 Å². The molecule has 0 atom stereocenters. The summed E-state index contributed by atoms with van der Waals surface area (Å²) in [5.74, 6) is 0. The second kappa shape index (κ2) is 13.5. The van der Waals surface area contributed by atoms with E-state index in [-0.39, 0.29) is 5.69 Å². The number of rotatable bonds is 4. The number of halogens is 3. The van der Waals surface area contributed by atoms with Gasteiger partial charge in [-0.05, 0) is 143 Å². The average Bonchev–Trinajstić information content (AvgIpc) is 3.76. The smallest absolute Gasteiger partial charge is 0.309 e. The number of fused-ring (bicyclic) bond motifs is 6. The van der Waals surface area contributed by atoms with Crippen LogP contribution in [0.4, 0.5) is 24.5 Å². The Kier molecular flexibility index (Phi) is 8.27. The minimum Gasteiger partial charge on any atom is -0.309 e. The summed E-state index contributed by atoms with van der Waals surface area (Å²) < 4.78 is 46.4. The molecular weight excluding hydrogens is 744 g/mol. The summed E-state index contributed by atoms with van der Waals surface area (Å²) >= 11 is 0. The third-order valence-corrected chi connectivity index (χ3v) is 10.7. The molecule has 0 unspecified atom stereocenters. The zero-order valence-corrected chi connectivity index (χ0v) is 30.9. The Hall–Kier alpha value is -8.62. The highest BCUT2D eigenvalue weighted by Gasteiger charge is 2.31. The van der Waals surface area contributed by atoms with Crippen LogP contribution >= 0.6 is 0 Å². The van der Waals surface area contributed by atoms with Crippen LogP contribution in [-0.2, 0) is 6.18 Å². The quantitative estimate of drug-likeness (QED) is 0.167. The molecule has 276 valence electrons. The number of hydrogen-bond donors (Lipinski definition) is 0. The lowest BCUT2D eigenvalue weighted by molar-refractivity contribution is -0.137. The second-order valence-electron chi connectivity index (χ2n) is 14.1. The average molecular weight is 768 g/mol. The summed E-state index contributed by atoms with van der Waals surface area (Å²) in [5.41, 5.74) is 7.78. The van der Waals surface area contributed by atoms with Gasteiger partial charge in [-0.15, -0.1) is 0 Å². The van der Waals surface area contributed by atoms with Crippen LogP contribution in [0.3, 0.4) is 0 Å². The predicted molar refractivity (Wildman–Crippen MR) is 222 cm³/mol. The number of aromatic nitrogens is 2. The molecule has 0 spiro atoms. The van der Waals surface area contributed by atoms with E-state index in [9.17, 15) is 29.0 Å². The summed E-state index contributed by atoms with van der Waals surface area (Å²) in [7, 11) is 0. The van der Waals surface area contributed by atoms with Gasteiger partial charge in [-0.25, -0.2) is 9.69 Å². The normalized spacial score (nSPS) is 11.3. The molecule has 0 aliphatic rings. The van der Waals surface area contributed by atoms with Crippen molar-refractivity contribution >= 4 is 55.0 Å². The number of nitrogens with zero attached hydrogens (tertiary/aromatic N) is 7. The second-order valence-corrected chi connectivity index (χ2v) is 14.1. The van der Waals surface area contributed by atoms with E-state index < -0.39 is 11.7 Å². The Morgan fingerprint density at radius 1 is 0.525 bits per heavy atom. The first-order valence-corrected chi connectivity index (χ1v) is 18.1. The molecule has 7 aromatic carbocycles. The molecule has 0 bridgehead atoms. The summed E-state index contributed by atoms with van der Waals surface area (Å²) in [6.45, 7) is 17.7. The Bertz CT molecular complexity index is 3370. The zero-order valence-electron chi connectivity index (χ0n) is 30.9. The molecule has 9 rings (SSSR count). The van der Waals surface area contributed by atoms with Gasteiger partial charge < -0.3 is 9.13 Å². The maximum Gasteiger partial charge on any atom is 0.416 e. The largest absolute Gasteiger partial charge is 0.416 e. The Labute approximate surface area is 335 Å². The third-order valence-electron chi connectivity index (χ3n) is 10.7. The SMILES string of the molecule is [C-]#[N+]c1ccc2c(c1)c1cc(C#N)ccc1n2-c1ccc(-c2cc(C)cc(C(F)(F)F)c2)cc1-c1cc(-n2c3ccc(C#N)cc3c3cc(C#N)ccc32)ccc1[N+]#[C-]. The highest BCUT2D eigenvalue weighted by molar-refractivity contribution is 6.12. The van der Waals surface area contributed by atoms with Gasteiger partial charge in [0.05, 0.1) is 81.4 Å². The molecule has 59 heavy (non-hydrogen) atoms. The maximum atomic E-state index is 14.1. The third kappa shape index (κ3) is 5.87. The number of hydrogen-bond acceptors (Lipinski definition) is 3. The molecule has 0 saturated heterocycles. The Morgan fingerprint density at radius 3 is 1.63 bits per heavy atom. The molecule has 0 radical (unpaired) electrons. The van der Waals surface area contributed by atoms with Crippen molar-refractivity contribution in [2.24, 2.45) is 0 Å². The first kappa shape index (κ1) is 36.0. The number of benzene rings is 7. The summed E-state index contributed by atoms with van der Waals surface area (Å²) in [4.78, 5) is 7.58. The van der Waals surface area contributed by atoms with Crippen molar-refractivity contribution in [3.05, 3.63) is 178 Å². The van der Waals surface area contributed by atoms with E-state index in [1.54, 1.807) is 79.7 Å². The van der Waals surface area contributed by atoms with Crippen LogP contribution in [-0.4, -0.2) is 9.13 Å². The molecular formula is C49H24F3N7. The van der Waals surface area contributed by atoms with E-state index in [1.807, 2.05) is 51.6 Å². The molecule has 2 heterocycles. The summed E-state index contributed by atoms with van der Waals surface area (Å²) in [5, 5.41) is 32.3. The zero-order chi connectivity index (χ0) is 41.2. The first-order valence-electron chi connectivity index (χ1n) is 18.1. The Morgan fingerprint density at radius 2 is 1.08 bits per heavy atom. The lowest BCUT2D eigenvalue weighted by Gasteiger charge is -2.19. The van der Waals surface area contributed by atoms with E-state index >= 15 is 0 Å². The van der Waals surface area contributed by atoms with Gasteiger partial charge in [-0.1, -0.05) is 24.3 Å². The van der Waals surface area contributed by atoms with Gasteiger partial charge >= 0.3 is 6.18 Å². The minimum absolute atomic E-state index is 0.287. The predicted octanol–water partition coefficient (Wildman–Crippen LogP) is 13.3. The van der Waals surface area contributed by atoms with Gasteiger partial charge in [0.15, 0.2) is 11.4 Å². The van der Waals surface area contributed by atoms with Crippen LogP contribution in [0.5, 0.6) is 0 Å². The van der Waals surface area contributed by atoms with Crippen LogP contribution in [0, 0.1) is 54.1 Å². The van der Waals surface area contributed by atoms with E-state index in [0.29, 0.717) is 61.6 Å². The fourth-order valence-electron chi connectivity index (χ4n) is 8.07. The fourth-order valence-corrected chi connectivity index (χ4v) is 8.07. The Balaban J connectivity index is 1.38. The molecule has 0 fully saturated rings. The van der Waals surface area contributed by atoms with E-state index in [1.165, 1.54) is 0 Å². The molecule has 0 N–H and O–H groups in total. The van der Waals surface area contributed by atoms with Crippen molar-refractivity contribution in [2.45, 2.75) is 13.1 Å². The van der Waals surface area contributed by atoms with Crippen molar-refractivity contribution in [1.82, 2.24) is 9.13 Å². The first-order chi connectivity index (χ1) is 28.5. The lowest BCUT2D eigenvalue weighted by Crippen LogP contribution is -2.05. The summed E-state index contributed by atoms with van der Waals surface area (Å²) in [6.07, 6.45) is -4.57. The molecule has 7 nitrogen and oxygen atoms in total. The van der Waals surface area contributed by atoms with E-state index in [0.717, 1.165) is 55.7 Å². The lowest BCUT2D eigenvalue weighted by atomic mass is 9.94. The van der Waals surface area contributed by atoms with Gasteiger partial charge in [0.2, 0.25) is 0 Å². The molecule has 10 heteroatoms. The minimum atomic E-state index is -4.57. The number of alkyl halides is 3. The van der Waals surface area contributed by atoms with Crippen molar-refractivity contribution in [3.8, 4) is 51.8 Å². The molecule has 2 aromatic heterocycles. The van der Waals surface area contributed by atoms with Crippen molar-refractivity contribution < 1.29 is 13.2 Å². The van der Waals surface area contributed by atoms with E-state index in [2.05, 4.69) is 27.9 Å². The highest BCUT2D eigenvalue weighted by atomic mass is 19.4. The highest BCUT2D eigenvalue weighted by Crippen LogP contribution is 2.44. The van der Waals surface area contributed by atoms with Crippen molar-refractivity contribution in [1.29, 1.82) is 15.8 Å². The molecule has 0 aliphatic heterocycles. The van der Waals surface area contributed by atoms with Gasteiger partial charge in [0.25, 0.3) is 0 Å². The van der Waals surface area contributed by atoms with Crippen LogP contribution in [0.25, 0.3) is 86.9 Å². The van der Waals surface area contributed by atoms with Crippen LogP contribution in [0.2, 0.25) is 0 Å². The number of nitriles is 3. The number of aryl methyl sites for hydroxylation is 1. The van der Waals surface area contributed by atoms with Crippen molar-refractivity contribution in [3.63, 3.8) is 0 Å². The molecule has 0 aliphatic carbocycles. The molecule has 0 saturated carbocycles. The van der Waals surface area contributed by atoms with Gasteiger partial charge in [0.1, 0.15) is 0 Å². The molecule has 0 amide bonds. The summed E-state index contributed by atoms with van der Waals surface area (Å²) in [6, 6.07) is 42.6. The van der Waals surface area contributed by atoms with Crippen LogP contribution in [0.1, 0.15) is 27.8 Å². The topological polar surface area (TPSA) is 90.0 Å². The van der Waals surface area contributed by atoms with Gasteiger partial charge in [0, 0.05) is 21.8 Å². The standard InChI is InChI=1S/C49H24F3N7/c1-28-16-33(21-34(17-28)49(50,51)52)32-7-14-47(59-46-13-6-31(27-55)20-40(46)42-23-35(56-2)8-15-48(42)59)41(22-32)37-24-36(9-10-43(37)57-3)58-44-11-4-29(25-53)18-38(44)39-19-30(26-54)5-12-45(39)58/h4-24H,1H3. The van der Waals surface area contributed by atoms with Gasteiger partial charge in [-0.3, -0.25) is 0 Å². The molecule has 9 aromatic rings. The van der Waals surface area contributed by atoms with Crippen LogP contribution < -0.4 is 0 Å².